The Morgan fingerprint density at radius 2 is 0.598 bits per heavy atom. The van der Waals surface area contributed by atoms with Gasteiger partial charge in [0.05, 0.1) is 29.4 Å². The molecular formula is C79H77ClN16O16. The fraction of sp³-hybridized carbons (Fsp3) is 0.291. The number of carboxylic acids is 4. The second-order valence-electron chi connectivity index (χ2n) is 28.5. The van der Waals surface area contributed by atoms with Gasteiger partial charge in [-0.2, -0.15) is 0 Å². The summed E-state index contributed by atoms with van der Waals surface area (Å²) in [5, 5.41) is 39.0. The molecule has 576 valence electrons. The Hall–Kier alpha value is -13.4. The average molecular weight is 1540 g/mol. The van der Waals surface area contributed by atoms with Crippen LogP contribution in [0, 0.1) is 44.4 Å². The molecule has 8 aliphatic heterocycles. The number of nitrogen functional groups attached to an aromatic ring is 4. The van der Waals surface area contributed by atoms with E-state index in [1.54, 1.807) is 60.7 Å². The third-order valence-corrected chi connectivity index (χ3v) is 21.4. The number of likely N-dealkylation sites (tertiary alicyclic amines) is 4. The van der Waals surface area contributed by atoms with E-state index in [1.807, 2.05) is 81.4 Å². The zero-order valence-electron chi connectivity index (χ0n) is 60.7. The monoisotopic (exact) mass is 1540 g/mol. The molecule has 12 heterocycles. The standard InChI is InChI=1S/3C20H20N4O4.C19H17ClN4O4/c3*1-11-2-3-15-13(8-11)5-7-23(15)20(28)24-17(19(26)27)14(18(24)25)9-12-4-6-22-16(21)10-12;20-12-2-1-11-4-6-23(14(11)9-12)19(28)24-16(18(26)27)13(17(24)25)7-10-3-5-22-15(21)8-10/h3*2-4,6,8,10,14,17H,5,7,9H2,1H3,(H2,21,22)(H,26,27);1-3,5,8-9,13,16H,4,6-7H2,(H2,21,22)(H,26,27)/t3*14-,17+;13-,16+/m1111/s1. The van der Waals surface area contributed by atoms with Crippen LogP contribution in [-0.4, -0.2) is 182 Å². The van der Waals surface area contributed by atoms with Gasteiger partial charge in [0.1, 0.15) is 23.3 Å². The van der Waals surface area contributed by atoms with Crippen LogP contribution >= 0.6 is 11.6 Å². The SMILES string of the molecule is Cc1ccc2c(c1)CCN2C(=O)N1C(=O)[C@H](Cc2ccnc(N)c2)[C@H]1C(=O)O.Cc1ccc2c(c1)CCN2C(=O)N1C(=O)[C@H](Cc2ccnc(N)c2)[C@H]1C(=O)O.Cc1ccc2c(c1)CCN2C(=O)N1C(=O)[C@H](Cc2ccnc(N)c2)[C@H]1C(=O)O.Nc1cc(C[C@H]2C(=O)N(C(=O)N3CCc4ccc(Cl)cc43)[C@@H]2C(=O)O)ccn1. The third kappa shape index (κ3) is 15.0. The molecule has 0 saturated carbocycles. The first kappa shape index (κ1) is 76.8. The quantitative estimate of drug-likeness (QED) is 0.0584. The van der Waals surface area contributed by atoms with Crippen LogP contribution in [0.4, 0.5) is 65.2 Å². The van der Waals surface area contributed by atoms with Gasteiger partial charge in [-0.25, -0.2) is 77.9 Å². The summed E-state index contributed by atoms with van der Waals surface area (Å²) in [6.45, 7) is 7.58. The highest BCUT2D eigenvalue weighted by Gasteiger charge is 2.60. The highest BCUT2D eigenvalue weighted by molar-refractivity contribution is 6.31. The number of nitrogens with two attached hydrogens (primary N) is 4. The number of hydrogen-bond donors (Lipinski definition) is 8. The van der Waals surface area contributed by atoms with Crippen molar-refractivity contribution in [3.8, 4) is 0 Å². The molecule has 4 aromatic carbocycles. The Labute approximate surface area is 644 Å². The van der Waals surface area contributed by atoms with Crippen molar-refractivity contribution in [2.45, 2.75) is 96.3 Å². The van der Waals surface area contributed by atoms with Gasteiger partial charge in [-0.15, -0.1) is 0 Å². The van der Waals surface area contributed by atoms with E-state index in [0.717, 1.165) is 75.6 Å². The van der Waals surface area contributed by atoms with Crippen LogP contribution in [0.3, 0.4) is 0 Å². The average Bonchev–Trinajstić information content (AvgIpc) is 1.34. The summed E-state index contributed by atoms with van der Waals surface area (Å²) in [6, 6.07) is 28.4. The first-order chi connectivity index (χ1) is 53.5. The van der Waals surface area contributed by atoms with Crippen molar-refractivity contribution in [2.75, 3.05) is 68.7 Å². The lowest BCUT2D eigenvalue weighted by atomic mass is 9.82. The minimum absolute atomic E-state index is 0.175. The minimum Gasteiger partial charge on any atom is -0.480 e. The smallest absolute Gasteiger partial charge is 0.332 e. The Kier molecular flexibility index (Phi) is 21.5. The summed E-state index contributed by atoms with van der Waals surface area (Å²) in [4.78, 5) is 175. The highest BCUT2D eigenvalue weighted by atomic mass is 35.5. The molecule has 8 atom stereocenters. The van der Waals surface area contributed by atoms with E-state index in [-0.39, 0.29) is 31.5 Å². The van der Waals surface area contributed by atoms with Crippen LogP contribution in [0.15, 0.2) is 146 Å². The maximum Gasteiger partial charge on any atom is 0.332 e. The number of imide groups is 4. The maximum atomic E-state index is 13.0. The molecule has 4 aromatic heterocycles. The van der Waals surface area contributed by atoms with E-state index in [9.17, 15) is 78.0 Å². The predicted octanol–water partition coefficient (Wildman–Crippen LogP) is 6.78. The van der Waals surface area contributed by atoms with Crippen molar-refractivity contribution in [1.29, 1.82) is 0 Å². The predicted molar refractivity (Wildman–Crippen MR) is 407 cm³/mol. The number of aryl methyl sites for hydroxylation is 3. The second-order valence-corrected chi connectivity index (χ2v) is 28.9. The molecule has 4 fully saturated rings. The zero-order valence-corrected chi connectivity index (χ0v) is 61.5. The number of carboxylic acid groups (broad SMARTS) is 4. The Morgan fingerprint density at radius 1 is 0.348 bits per heavy atom. The molecule has 0 spiro atoms. The number of amides is 12. The van der Waals surface area contributed by atoms with Crippen LogP contribution in [0.1, 0.15) is 61.2 Å². The first-order valence-corrected chi connectivity index (χ1v) is 36.2. The summed E-state index contributed by atoms with van der Waals surface area (Å²) >= 11 is 6.03. The van der Waals surface area contributed by atoms with Gasteiger partial charge in [0.15, 0.2) is 24.2 Å². The number of aliphatic carboxylic acids is 4. The third-order valence-electron chi connectivity index (χ3n) is 21.2. The Bertz CT molecular complexity index is 4860. The first-order valence-electron chi connectivity index (χ1n) is 35.8. The number of halogens is 1. The van der Waals surface area contributed by atoms with Crippen molar-refractivity contribution in [3.63, 3.8) is 0 Å². The van der Waals surface area contributed by atoms with Gasteiger partial charge in [-0.3, -0.25) is 38.8 Å². The van der Waals surface area contributed by atoms with Gasteiger partial charge in [0.2, 0.25) is 23.6 Å². The van der Waals surface area contributed by atoms with Crippen LogP contribution in [-0.2, 0) is 89.7 Å². The van der Waals surface area contributed by atoms with Crippen molar-refractivity contribution in [1.82, 2.24) is 39.5 Å². The van der Waals surface area contributed by atoms with Crippen molar-refractivity contribution in [3.05, 3.63) is 212 Å². The van der Waals surface area contributed by atoms with E-state index in [0.29, 0.717) is 102 Å². The molecule has 12 N–H and O–H groups in total. The van der Waals surface area contributed by atoms with Crippen molar-refractivity contribution >= 4 is 129 Å². The number of benzene rings is 4. The number of aromatic nitrogens is 4. The van der Waals surface area contributed by atoms with Crippen LogP contribution in [0.25, 0.3) is 0 Å². The zero-order chi connectivity index (χ0) is 80.0. The van der Waals surface area contributed by atoms with Crippen LogP contribution in [0.5, 0.6) is 0 Å². The lowest BCUT2D eigenvalue weighted by Gasteiger charge is -2.44. The molecular weight excluding hydrogens is 1460 g/mol. The Balaban J connectivity index is 0.000000131. The number of β-lactam (4-membered cyclic amide) rings is 4. The normalized spacial score (nSPS) is 20.7. The highest BCUT2D eigenvalue weighted by Crippen LogP contribution is 2.42. The molecule has 32 nitrogen and oxygen atoms in total. The molecule has 12 amide bonds. The summed E-state index contributed by atoms with van der Waals surface area (Å²) < 4.78 is 0. The van der Waals surface area contributed by atoms with Crippen LogP contribution < -0.4 is 42.5 Å². The van der Waals surface area contributed by atoms with E-state index >= 15 is 0 Å². The number of urea groups is 4. The lowest BCUT2D eigenvalue weighted by molar-refractivity contribution is -0.165. The molecule has 4 saturated heterocycles. The fourth-order valence-corrected chi connectivity index (χ4v) is 15.9. The number of nitrogens with zero attached hydrogens (tertiary/aromatic N) is 12. The molecule has 16 rings (SSSR count). The van der Waals surface area contributed by atoms with Crippen molar-refractivity contribution in [2.24, 2.45) is 23.7 Å². The van der Waals surface area contributed by atoms with E-state index in [1.165, 1.54) is 44.4 Å². The number of hydrogen-bond acceptors (Lipinski definition) is 20. The fourth-order valence-electron chi connectivity index (χ4n) is 15.7. The van der Waals surface area contributed by atoms with Gasteiger partial charge in [0.25, 0.3) is 0 Å². The Morgan fingerprint density at radius 3 is 0.848 bits per heavy atom. The van der Waals surface area contributed by atoms with Gasteiger partial charge < -0.3 is 43.4 Å². The molecule has 0 aliphatic carbocycles. The summed E-state index contributed by atoms with van der Waals surface area (Å²) in [5.74, 6) is -8.79. The number of fused-ring (bicyclic) bond motifs is 4. The van der Waals surface area contributed by atoms with Gasteiger partial charge in [-0.05, 0) is 196 Å². The second kappa shape index (κ2) is 31.3. The number of carbonyl (C=O) groups is 12. The minimum atomic E-state index is -1.22. The summed E-state index contributed by atoms with van der Waals surface area (Å²) in [5.41, 5.74) is 35.5. The number of carbonyl (C=O) groups excluding carboxylic acids is 8. The maximum absolute atomic E-state index is 13.0. The van der Waals surface area contributed by atoms with Crippen LogP contribution in [0.2, 0.25) is 5.02 Å². The largest absolute Gasteiger partial charge is 0.480 e. The van der Waals surface area contributed by atoms with Crippen molar-refractivity contribution < 1.29 is 78.0 Å². The number of anilines is 8. The summed E-state index contributed by atoms with van der Waals surface area (Å²) in [6.07, 6.45) is 9.46. The van der Waals surface area contributed by atoms with Gasteiger partial charge in [-0.1, -0.05) is 70.8 Å². The molecule has 0 bridgehead atoms. The topological polar surface area (TPSA) is 467 Å². The van der Waals surface area contributed by atoms with Gasteiger partial charge >= 0.3 is 48.0 Å². The molecule has 33 heteroatoms. The van der Waals surface area contributed by atoms with E-state index < -0.39 is 119 Å². The molecule has 8 aliphatic rings. The summed E-state index contributed by atoms with van der Waals surface area (Å²) in [7, 11) is 0. The molecule has 8 aromatic rings. The van der Waals surface area contributed by atoms with E-state index in [4.69, 9.17) is 34.5 Å². The molecule has 0 unspecified atom stereocenters. The number of rotatable bonds is 12. The molecule has 112 heavy (non-hydrogen) atoms. The number of pyridine rings is 4. The lowest BCUT2D eigenvalue weighted by Crippen LogP contribution is -2.69. The van der Waals surface area contributed by atoms with Gasteiger partial charge in [0, 0.05) is 73.1 Å². The van der Waals surface area contributed by atoms with E-state index in [2.05, 4.69) is 19.9 Å². The molecule has 0 radical (unpaired) electrons.